The molecule has 0 saturated carbocycles. The molecular formula is C26H31N3O3S. The molecule has 0 radical (unpaired) electrons. The maximum atomic E-state index is 13.1. The number of hydrogen-bond donors (Lipinski definition) is 1. The fraction of sp³-hybridized carbons (Fsp3) is 0.423. The number of hydrogen-bond acceptors (Lipinski definition) is 7. The van der Waals surface area contributed by atoms with Gasteiger partial charge in [0, 0.05) is 41.8 Å². The Hall–Kier alpha value is -2.64. The Morgan fingerprint density at radius 2 is 1.88 bits per heavy atom. The lowest BCUT2D eigenvalue weighted by molar-refractivity contribution is -0.144. The molecule has 0 bridgehead atoms. The first kappa shape index (κ1) is 23.5. The lowest BCUT2D eigenvalue weighted by Gasteiger charge is -2.30. The van der Waals surface area contributed by atoms with Gasteiger partial charge in [-0.3, -0.25) is 14.6 Å². The monoisotopic (exact) mass is 465 g/mol. The molecule has 0 aromatic heterocycles. The smallest absolute Gasteiger partial charge is 0.306 e. The fourth-order valence-electron chi connectivity index (χ4n) is 4.42. The van der Waals surface area contributed by atoms with E-state index in [1.165, 1.54) is 0 Å². The van der Waals surface area contributed by atoms with Gasteiger partial charge in [-0.05, 0) is 48.4 Å². The van der Waals surface area contributed by atoms with Crippen LogP contribution in [0.1, 0.15) is 58.4 Å². The van der Waals surface area contributed by atoms with Crippen LogP contribution >= 0.6 is 11.8 Å². The van der Waals surface area contributed by atoms with Crippen LogP contribution in [-0.2, 0) is 16.0 Å². The first-order valence-corrected chi connectivity index (χ1v) is 12.8. The number of carbonyl (C=O) groups is 2. The first-order chi connectivity index (χ1) is 16.0. The minimum Gasteiger partial charge on any atom is -0.466 e. The Balaban J connectivity index is 1.45. The zero-order valence-electron chi connectivity index (χ0n) is 19.0. The first-order valence-electron chi connectivity index (χ1n) is 11.6. The van der Waals surface area contributed by atoms with Gasteiger partial charge in [-0.2, -0.15) is 16.9 Å². The Bertz CT molecular complexity index is 1020. The highest BCUT2D eigenvalue weighted by Gasteiger charge is 2.29. The molecular weight excluding hydrogens is 434 g/mol. The van der Waals surface area contributed by atoms with E-state index < -0.39 is 0 Å². The summed E-state index contributed by atoms with van der Waals surface area (Å²) in [5.74, 6) is 2.00. The Kier molecular flexibility index (Phi) is 7.83. The summed E-state index contributed by atoms with van der Waals surface area (Å²) < 4.78 is 5.10. The van der Waals surface area contributed by atoms with Gasteiger partial charge >= 0.3 is 5.97 Å². The van der Waals surface area contributed by atoms with Crippen LogP contribution in [-0.4, -0.2) is 54.2 Å². The van der Waals surface area contributed by atoms with E-state index in [0.29, 0.717) is 24.2 Å². The number of nitrogens with two attached hydrogens (primary N) is 1. The van der Waals surface area contributed by atoms with Crippen molar-refractivity contribution in [3.05, 3.63) is 70.3 Å². The molecule has 1 heterocycles. The summed E-state index contributed by atoms with van der Waals surface area (Å²) in [4.78, 5) is 25.1. The Labute approximate surface area is 199 Å². The minimum absolute atomic E-state index is 0.0268. The number of rotatable bonds is 7. The van der Waals surface area contributed by atoms with E-state index in [0.717, 1.165) is 54.1 Å². The molecule has 2 aromatic rings. The van der Waals surface area contributed by atoms with Crippen molar-refractivity contribution in [3.63, 3.8) is 0 Å². The van der Waals surface area contributed by atoms with Crippen LogP contribution in [0.2, 0.25) is 0 Å². The third kappa shape index (κ3) is 5.84. The number of hydrazone groups is 1. The number of benzene rings is 2. The SMILES string of the molecule is CCOC(=O)CC1CCc2ccc(C(=O)c3ccc(C=NN4CCSCC4)cc3)cc2C1N. The summed E-state index contributed by atoms with van der Waals surface area (Å²) in [7, 11) is 0. The van der Waals surface area contributed by atoms with E-state index in [2.05, 4.69) is 10.1 Å². The third-order valence-electron chi connectivity index (χ3n) is 6.32. The van der Waals surface area contributed by atoms with Gasteiger partial charge in [0.2, 0.25) is 0 Å². The molecule has 7 heteroatoms. The normalized spacial score (nSPS) is 20.5. The number of nitrogens with zero attached hydrogens (tertiary/aromatic N) is 2. The standard InChI is InChI=1S/C26H31N3O3S/c1-2-32-24(30)16-21-9-7-19-8-10-22(15-23(19)25(21)27)26(31)20-5-3-18(4-6-20)17-28-29-11-13-33-14-12-29/h3-6,8,10,15,17,21,25H,2,7,9,11-14,16,27H2,1H3. The summed E-state index contributed by atoms with van der Waals surface area (Å²) in [6.07, 6.45) is 3.86. The van der Waals surface area contributed by atoms with Gasteiger partial charge in [0.05, 0.1) is 19.2 Å². The van der Waals surface area contributed by atoms with Gasteiger partial charge in [-0.15, -0.1) is 0 Å². The van der Waals surface area contributed by atoms with Crippen molar-refractivity contribution in [1.82, 2.24) is 5.01 Å². The predicted octanol–water partition coefficient (Wildman–Crippen LogP) is 3.82. The third-order valence-corrected chi connectivity index (χ3v) is 7.27. The van der Waals surface area contributed by atoms with Gasteiger partial charge < -0.3 is 10.5 Å². The predicted molar refractivity (Wildman–Crippen MR) is 133 cm³/mol. The van der Waals surface area contributed by atoms with Crippen molar-refractivity contribution < 1.29 is 14.3 Å². The molecule has 1 fully saturated rings. The number of ketones is 1. The van der Waals surface area contributed by atoms with Crippen molar-refractivity contribution in [2.75, 3.05) is 31.2 Å². The molecule has 174 valence electrons. The Morgan fingerprint density at radius 1 is 1.15 bits per heavy atom. The van der Waals surface area contributed by atoms with Crippen LogP contribution in [0.4, 0.5) is 0 Å². The summed E-state index contributed by atoms with van der Waals surface area (Å²) in [6, 6.07) is 13.0. The van der Waals surface area contributed by atoms with Crippen LogP contribution in [0.3, 0.4) is 0 Å². The van der Waals surface area contributed by atoms with Gasteiger partial charge in [0.15, 0.2) is 5.78 Å². The van der Waals surface area contributed by atoms with E-state index in [-0.39, 0.29) is 23.7 Å². The van der Waals surface area contributed by atoms with Crippen LogP contribution in [0.5, 0.6) is 0 Å². The number of carbonyl (C=O) groups excluding carboxylic acids is 2. The Morgan fingerprint density at radius 3 is 2.61 bits per heavy atom. The minimum atomic E-state index is -0.280. The molecule has 33 heavy (non-hydrogen) atoms. The van der Waals surface area contributed by atoms with Crippen LogP contribution in [0.15, 0.2) is 47.6 Å². The highest BCUT2D eigenvalue weighted by Crippen LogP contribution is 2.35. The van der Waals surface area contributed by atoms with Crippen molar-refractivity contribution in [1.29, 1.82) is 0 Å². The van der Waals surface area contributed by atoms with Crippen LogP contribution in [0, 0.1) is 5.92 Å². The molecule has 2 unspecified atom stereocenters. The summed E-state index contributed by atoms with van der Waals surface area (Å²) in [6.45, 7) is 4.12. The zero-order valence-corrected chi connectivity index (χ0v) is 19.9. The molecule has 2 aromatic carbocycles. The molecule has 1 aliphatic heterocycles. The average molecular weight is 466 g/mol. The number of ether oxygens (including phenoxy) is 1. The van der Waals surface area contributed by atoms with Gasteiger partial charge in [-0.25, -0.2) is 0 Å². The van der Waals surface area contributed by atoms with Gasteiger partial charge in [-0.1, -0.05) is 36.4 Å². The van der Waals surface area contributed by atoms with E-state index in [4.69, 9.17) is 10.5 Å². The van der Waals surface area contributed by atoms with Crippen molar-refractivity contribution in [3.8, 4) is 0 Å². The molecule has 0 spiro atoms. The van der Waals surface area contributed by atoms with Gasteiger partial charge in [0.1, 0.15) is 0 Å². The maximum Gasteiger partial charge on any atom is 0.306 e. The number of fused-ring (bicyclic) bond motifs is 1. The molecule has 2 N–H and O–H groups in total. The molecule has 6 nitrogen and oxygen atoms in total. The quantitative estimate of drug-likeness (QED) is 0.380. The second-order valence-corrected chi connectivity index (χ2v) is 9.73. The zero-order chi connectivity index (χ0) is 23.2. The second-order valence-electron chi connectivity index (χ2n) is 8.51. The summed E-state index contributed by atoms with van der Waals surface area (Å²) >= 11 is 1.95. The summed E-state index contributed by atoms with van der Waals surface area (Å²) in [5, 5.41) is 6.63. The number of esters is 1. The lowest BCUT2D eigenvalue weighted by atomic mass is 9.77. The molecule has 1 saturated heterocycles. The topological polar surface area (TPSA) is 85.0 Å². The fourth-order valence-corrected chi connectivity index (χ4v) is 5.30. The van der Waals surface area contributed by atoms with E-state index >= 15 is 0 Å². The molecule has 4 rings (SSSR count). The van der Waals surface area contributed by atoms with Crippen molar-refractivity contribution in [2.24, 2.45) is 16.8 Å². The summed E-state index contributed by atoms with van der Waals surface area (Å²) in [5.41, 5.74) is 10.9. The molecule has 2 aliphatic rings. The second kappa shape index (κ2) is 11.0. The molecule has 0 amide bonds. The van der Waals surface area contributed by atoms with E-state index in [9.17, 15) is 9.59 Å². The number of thioether (sulfide) groups is 1. The number of aryl methyl sites for hydroxylation is 1. The maximum absolute atomic E-state index is 13.1. The lowest BCUT2D eigenvalue weighted by Crippen LogP contribution is -2.30. The highest BCUT2D eigenvalue weighted by atomic mass is 32.2. The van der Waals surface area contributed by atoms with E-state index in [1.807, 2.05) is 60.4 Å². The molecule has 2 atom stereocenters. The van der Waals surface area contributed by atoms with Crippen LogP contribution < -0.4 is 5.73 Å². The van der Waals surface area contributed by atoms with E-state index in [1.54, 1.807) is 6.92 Å². The largest absolute Gasteiger partial charge is 0.466 e. The average Bonchev–Trinajstić information content (AvgIpc) is 2.85. The highest BCUT2D eigenvalue weighted by molar-refractivity contribution is 7.99. The molecule has 1 aliphatic carbocycles. The van der Waals surface area contributed by atoms with Crippen molar-refractivity contribution in [2.45, 2.75) is 32.2 Å². The van der Waals surface area contributed by atoms with Crippen LogP contribution in [0.25, 0.3) is 0 Å². The van der Waals surface area contributed by atoms with Gasteiger partial charge in [0.25, 0.3) is 0 Å². The van der Waals surface area contributed by atoms with Crippen molar-refractivity contribution >= 4 is 29.7 Å².